The average molecular weight is 303 g/mol. The van der Waals surface area contributed by atoms with Crippen LogP contribution in [0.2, 0.25) is 0 Å². The number of hydrogen-bond acceptors (Lipinski definition) is 2. The zero-order valence-electron chi connectivity index (χ0n) is 13.8. The van der Waals surface area contributed by atoms with Gasteiger partial charge in [-0.25, -0.2) is 0 Å². The van der Waals surface area contributed by atoms with Gasteiger partial charge in [0.25, 0.3) is 0 Å². The Morgan fingerprint density at radius 2 is 2.09 bits per heavy atom. The van der Waals surface area contributed by atoms with Crippen molar-refractivity contribution in [3.05, 3.63) is 35.9 Å². The third-order valence-electron chi connectivity index (χ3n) is 4.48. The second-order valence-corrected chi connectivity index (χ2v) is 5.88. The number of hydrogen-bond donors (Lipinski definition) is 2. The third-order valence-corrected chi connectivity index (χ3v) is 4.48. The van der Waals surface area contributed by atoms with E-state index in [2.05, 4.69) is 59.4 Å². The van der Waals surface area contributed by atoms with Gasteiger partial charge in [-0.15, -0.1) is 0 Å². The van der Waals surface area contributed by atoms with Gasteiger partial charge in [0.05, 0.1) is 13.2 Å². The molecule has 1 heterocycles. The van der Waals surface area contributed by atoms with Crippen LogP contribution in [0, 0.1) is 5.92 Å². The molecule has 4 nitrogen and oxygen atoms in total. The Balaban J connectivity index is 2.08. The van der Waals surface area contributed by atoms with E-state index in [9.17, 15) is 0 Å². The lowest BCUT2D eigenvalue weighted by molar-refractivity contribution is 0.215. The number of piperidine rings is 1. The van der Waals surface area contributed by atoms with Crippen LogP contribution in [0.25, 0.3) is 0 Å². The lowest BCUT2D eigenvalue weighted by Gasteiger charge is -2.40. The van der Waals surface area contributed by atoms with Crippen molar-refractivity contribution in [1.82, 2.24) is 10.2 Å². The second-order valence-electron chi connectivity index (χ2n) is 5.88. The molecule has 1 aliphatic heterocycles. The lowest BCUT2D eigenvalue weighted by atomic mass is 9.79. The summed E-state index contributed by atoms with van der Waals surface area (Å²) in [4.78, 5) is 6.86. The van der Waals surface area contributed by atoms with Crippen LogP contribution in [-0.4, -0.2) is 48.8 Å². The Labute approximate surface area is 134 Å². The minimum atomic E-state index is 0.104. The molecule has 0 bridgehead atoms. The largest absolute Gasteiger partial charge is 0.394 e. The Bertz CT molecular complexity index is 461. The van der Waals surface area contributed by atoms with Gasteiger partial charge >= 0.3 is 0 Å². The number of aliphatic hydroxyl groups excluding tert-OH is 1. The van der Waals surface area contributed by atoms with Crippen molar-refractivity contribution >= 4 is 5.96 Å². The lowest BCUT2D eigenvalue weighted by Crippen LogP contribution is -2.48. The van der Waals surface area contributed by atoms with Gasteiger partial charge in [0.1, 0.15) is 0 Å². The number of rotatable bonds is 5. The van der Waals surface area contributed by atoms with Crippen molar-refractivity contribution in [3.63, 3.8) is 0 Å². The first-order chi connectivity index (χ1) is 10.8. The van der Waals surface area contributed by atoms with E-state index in [4.69, 9.17) is 5.11 Å². The van der Waals surface area contributed by atoms with E-state index < -0.39 is 0 Å². The highest BCUT2D eigenvalue weighted by atomic mass is 16.3. The molecular weight excluding hydrogens is 274 g/mol. The average Bonchev–Trinajstić information content (AvgIpc) is 2.59. The molecular formula is C18H29N3O. The van der Waals surface area contributed by atoms with Crippen LogP contribution in [-0.2, 0) is 0 Å². The predicted octanol–water partition coefficient (Wildman–Crippen LogP) is 2.46. The molecule has 2 rings (SSSR count). The number of nitrogens with zero attached hydrogens (tertiary/aromatic N) is 2. The van der Waals surface area contributed by atoms with Gasteiger partial charge in [-0.2, -0.15) is 0 Å². The summed E-state index contributed by atoms with van der Waals surface area (Å²) in [7, 11) is 0. The van der Waals surface area contributed by atoms with Gasteiger partial charge in [0.2, 0.25) is 0 Å². The molecule has 2 unspecified atom stereocenters. The van der Waals surface area contributed by atoms with Gasteiger partial charge in [-0.1, -0.05) is 43.7 Å². The molecule has 1 aromatic carbocycles. The zero-order valence-corrected chi connectivity index (χ0v) is 13.8. The summed E-state index contributed by atoms with van der Waals surface area (Å²) in [5, 5.41) is 12.4. The smallest absolute Gasteiger partial charge is 0.194 e. The Morgan fingerprint density at radius 1 is 1.32 bits per heavy atom. The maximum absolute atomic E-state index is 9.02. The van der Waals surface area contributed by atoms with Gasteiger partial charge in [0.15, 0.2) is 5.96 Å². The second kappa shape index (κ2) is 8.79. The molecule has 1 fully saturated rings. The van der Waals surface area contributed by atoms with Crippen LogP contribution in [0.3, 0.4) is 0 Å². The molecule has 2 atom stereocenters. The topological polar surface area (TPSA) is 47.9 Å². The van der Waals surface area contributed by atoms with Crippen molar-refractivity contribution in [2.45, 2.75) is 32.6 Å². The normalized spacial score (nSPS) is 22.7. The van der Waals surface area contributed by atoms with Gasteiger partial charge in [-0.3, -0.25) is 4.99 Å². The van der Waals surface area contributed by atoms with E-state index in [1.807, 2.05) is 0 Å². The summed E-state index contributed by atoms with van der Waals surface area (Å²) in [5.41, 5.74) is 1.46. The SMILES string of the molecule is CCNC(=NCCO)N1CCC(c2ccccc2)C(CC)C1. The van der Waals surface area contributed by atoms with Crippen LogP contribution in [0.15, 0.2) is 35.3 Å². The molecule has 1 aliphatic rings. The fourth-order valence-corrected chi connectivity index (χ4v) is 3.36. The number of guanidine groups is 1. The van der Waals surface area contributed by atoms with Crippen LogP contribution in [0.5, 0.6) is 0 Å². The number of likely N-dealkylation sites (tertiary alicyclic amines) is 1. The van der Waals surface area contributed by atoms with E-state index in [-0.39, 0.29) is 6.61 Å². The molecule has 0 saturated carbocycles. The van der Waals surface area contributed by atoms with E-state index in [1.54, 1.807) is 0 Å². The van der Waals surface area contributed by atoms with Crippen LogP contribution < -0.4 is 5.32 Å². The minimum absolute atomic E-state index is 0.104. The highest BCUT2D eigenvalue weighted by Crippen LogP contribution is 2.34. The molecule has 0 spiro atoms. The van der Waals surface area contributed by atoms with Gasteiger partial charge in [-0.05, 0) is 30.7 Å². The molecule has 0 aliphatic carbocycles. The van der Waals surface area contributed by atoms with Crippen molar-refractivity contribution in [3.8, 4) is 0 Å². The molecule has 2 N–H and O–H groups in total. The Kier molecular flexibility index (Phi) is 6.72. The molecule has 4 heteroatoms. The Morgan fingerprint density at radius 3 is 2.73 bits per heavy atom. The maximum Gasteiger partial charge on any atom is 0.194 e. The van der Waals surface area contributed by atoms with Crippen LogP contribution >= 0.6 is 0 Å². The predicted molar refractivity (Wildman–Crippen MR) is 92.2 cm³/mol. The molecule has 0 amide bonds. The molecule has 1 aromatic rings. The highest BCUT2D eigenvalue weighted by Gasteiger charge is 2.30. The molecule has 1 saturated heterocycles. The first kappa shape index (κ1) is 16.8. The van der Waals surface area contributed by atoms with Crippen molar-refractivity contribution in [1.29, 1.82) is 0 Å². The standard InChI is InChI=1S/C18H29N3O/c1-3-15-14-21(18(19-4-2)20-11-13-22)12-10-17(15)16-8-6-5-7-9-16/h5-9,15,17,22H,3-4,10-14H2,1-2H3,(H,19,20). The van der Waals surface area contributed by atoms with Crippen molar-refractivity contribution < 1.29 is 5.11 Å². The van der Waals surface area contributed by atoms with Crippen molar-refractivity contribution in [2.75, 3.05) is 32.8 Å². The van der Waals surface area contributed by atoms with Crippen molar-refractivity contribution in [2.24, 2.45) is 10.9 Å². The number of aliphatic hydroxyl groups is 1. The quantitative estimate of drug-likeness (QED) is 0.649. The summed E-state index contributed by atoms with van der Waals surface area (Å²) in [6.07, 6.45) is 2.33. The number of aliphatic imine (C=N–C) groups is 1. The van der Waals surface area contributed by atoms with E-state index in [1.165, 1.54) is 12.0 Å². The zero-order chi connectivity index (χ0) is 15.8. The molecule has 0 radical (unpaired) electrons. The monoisotopic (exact) mass is 303 g/mol. The number of nitrogens with one attached hydrogen (secondary N) is 1. The first-order valence-electron chi connectivity index (χ1n) is 8.49. The third kappa shape index (κ3) is 4.23. The van der Waals surface area contributed by atoms with Crippen LogP contribution in [0.4, 0.5) is 0 Å². The first-order valence-corrected chi connectivity index (χ1v) is 8.49. The van der Waals surface area contributed by atoms with Gasteiger partial charge < -0.3 is 15.3 Å². The maximum atomic E-state index is 9.02. The summed E-state index contributed by atoms with van der Waals surface area (Å²) in [5.74, 6) is 2.24. The fourth-order valence-electron chi connectivity index (χ4n) is 3.36. The molecule has 22 heavy (non-hydrogen) atoms. The van der Waals surface area contributed by atoms with E-state index >= 15 is 0 Å². The fraction of sp³-hybridized carbons (Fsp3) is 0.611. The van der Waals surface area contributed by atoms with Crippen LogP contribution in [0.1, 0.15) is 38.2 Å². The van der Waals surface area contributed by atoms with E-state index in [0.29, 0.717) is 18.4 Å². The summed E-state index contributed by atoms with van der Waals surface area (Å²) < 4.78 is 0. The summed E-state index contributed by atoms with van der Waals surface area (Å²) in [6.45, 7) is 7.86. The molecule has 0 aromatic heterocycles. The van der Waals surface area contributed by atoms with E-state index in [0.717, 1.165) is 32.0 Å². The summed E-state index contributed by atoms with van der Waals surface area (Å²) >= 11 is 0. The minimum Gasteiger partial charge on any atom is -0.394 e. The highest BCUT2D eigenvalue weighted by molar-refractivity contribution is 5.80. The summed E-state index contributed by atoms with van der Waals surface area (Å²) in [6, 6.07) is 10.9. The Hall–Kier alpha value is -1.55. The number of benzene rings is 1. The molecule has 122 valence electrons. The van der Waals surface area contributed by atoms with Gasteiger partial charge in [0, 0.05) is 19.6 Å².